The zero-order chi connectivity index (χ0) is 12.3. The Kier molecular flexibility index (Phi) is 3.54. The summed E-state index contributed by atoms with van der Waals surface area (Å²) < 4.78 is 18.3. The van der Waals surface area contributed by atoms with Crippen molar-refractivity contribution in [3.05, 3.63) is 48.3 Å². The van der Waals surface area contributed by atoms with Gasteiger partial charge in [0.05, 0.1) is 12.8 Å². The highest BCUT2D eigenvalue weighted by Gasteiger charge is 2.02. The first-order valence-corrected chi connectivity index (χ1v) is 5.87. The third-order valence-corrected chi connectivity index (χ3v) is 3.26. The predicted octanol–water partition coefficient (Wildman–Crippen LogP) is 3.57. The number of ether oxygens (including phenoxy) is 1. The summed E-state index contributed by atoms with van der Waals surface area (Å²) >= 11 is 1.48. The Labute approximate surface area is 104 Å². The molecule has 88 valence electrons. The van der Waals surface area contributed by atoms with Crippen molar-refractivity contribution in [1.29, 1.82) is 0 Å². The van der Waals surface area contributed by atoms with E-state index in [0.29, 0.717) is 0 Å². The van der Waals surface area contributed by atoms with Gasteiger partial charge in [-0.25, -0.2) is 4.39 Å². The fourth-order valence-electron chi connectivity index (χ4n) is 1.35. The molecule has 0 saturated heterocycles. The first-order chi connectivity index (χ1) is 8.19. The van der Waals surface area contributed by atoms with Crippen molar-refractivity contribution in [2.45, 2.75) is 9.79 Å². The standard InChI is InChI=1S/C13H12FNOS/c1-16-9-2-4-10(5-3-9)17-11-6-7-13(15)12(14)8-11/h2-8H,15H2,1H3. The van der Waals surface area contributed by atoms with E-state index in [1.807, 2.05) is 24.3 Å². The van der Waals surface area contributed by atoms with E-state index in [4.69, 9.17) is 10.5 Å². The lowest BCUT2D eigenvalue weighted by Gasteiger charge is -2.04. The molecule has 0 unspecified atom stereocenters. The Morgan fingerprint density at radius 1 is 1.06 bits per heavy atom. The van der Waals surface area contributed by atoms with E-state index in [-0.39, 0.29) is 11.5 Å². The quantitative estimate of drug-likeness (QED) is 0.845. The Balaban J connectivity index is 2.16. The lowest BCUT2D eigenvalue weighted by Crippen LogP contribution is -1.89. The lowest BCUT2D eigenvalue weighted by molar-refractivity contribution is 0.414. The molecule has 0 saturated carbocycles. The summed E-state index contributed by atoms with van der Waals surface area (Å²) in [7, 11) is 1.62. The third kappa shape index (κ3) is 2.91. The van der Waals surface area contributed by atoms with Crippen LogP contribution in [0.2, 0.25) is 0 Å². The largest absolute Gasteiger partial charge is 0.497 e. The van der Waals surface area contributed by atoms with E-state index in [2.05, 4.69) is 0 Å². The molecule has 0 amide bonds. The molecule has 2 nitrogen and oxygen atoms in total. The van der Waals surface area contributed by atoms with Gasteiger partial charge in [-0.2, -0.15) is 0 Å². The molecule has 0 spiro atoms. The molecule has 0 fully saturated rings. The van der Waals surface area contributed by atoms with E-state index < -0.39 is 0 Å². The minimum atomic E-state index is -0.386. The summed E-state index contributed by atoms with van der Waals surface area (Å²) in [4.78, 5) is 1.84. The number of halogens is 1. The number of nitrogen functional groups attached to an aromatic ring is 1. The number of hydrogen-bond donors (Lipinski definition) is 1. The monoisotopic (exact) mass is 249 g/mol. The van der Waals surface area contributed by atoms with Crippen LogP contribution in [0.25, 0.3) is 0 Å². The van der Waals surface area contributed by atoms with Gasteiger partial charge in [-0.05, 0) is 42.5 Å². The van der Waals surface area contributed by atoms with Crippen molar-refractivity contribution in [2.75, 3.05) is 12.8 Å². The van der Waals surface area contributed by atoms with Gasteiger partial charge in [-0.1, -0.05) is 11.8 Å². The first kappa shape index (κ1) is 11.8. The third-order valence-electron chi connectivity index (χ3n) is 2.27. The maximum atomic E-state index is 13.2. The molecule has 0 heterocycles. The highest BCUT2D eigenvalue weighted by Crippen LogP contribution is 2.30. The Morgan fingerprint density at radius 2 is 1.71 bits per heavy atom. The molecule has 2 aromatic rings. The number of hydrogen-bond acceptors (Lipinski definition) is 3. The van der Waals surface area contributed by atoms with Crippen molar-refractivity contribution in [3.8, 4) is 5.75 Å². The number of anilines is 1. The van der Waals surface area contributed by atoms with Crippen molar-refractivity contribution < 1.29 is 9.13 Å². The van der Waals surface area contributed by atoms with Crippen LogP contribution in [0.15, 0.2) is 52.3 Å². The SMILES string of the molecule is COc1ccc(Sc2ccc(N)c(F)c2)cc1. The Morgan fingerprint density at radius 3 is 2.29 bits per heavy atom. The normalized spacial score (nSPS) is 10.2. The molecule has 4 heteroatoms. The zero-order valence-electron chi connectivity index (χ0n) is 9.31. The summed E-state index contributed by atoms with van der Waals surface area (Å²) in [5.74, 6) is 0.418. The second kappa shape index (κ2) is 5.10. The number of methoxy groups -OCH3 is 1. The van der Waals surface area contributed by atoms with Crippen LogP contribution < -0.4 is 10.5 Å². The van der Waals surface area contributed by atoms with E-state index in [1.54, 1.807) is 19.2 Å². The van der Waals surface area contributed by atoms with Crippen molar-refractivity contribution in [2.24, 2.45) is 0 Å². The van der Waals surface area contributed by atoms with Crippen LogP contribution in [0.1, 0.15) is 0 Å². The van der Waals surface area contributed by atoms with Gasteiger partial charge in [0.2, 0.25) is 0 Å². The van der Waals surface area contributed by atoms with Gasteiger partial charge in [0.25, 0.3) is 0 Å². The number of benzene rings is 2. The van der Waals surface area contributed by atoms with Gasteiger partial charge in [0, 0.05) is 9.79 Å². The van der Waals surface area contributed by atoms with Gasteiger partial charge in [-0.3, -0.25) is 0 Å². The highest BCUT2D eigenvalue weighted by atomic mass is 32.2. The molecule has 2 N–H and O–H groups in total. The van der Waals surface area contributed by atoms with Crippen LogP contribution >= 0.6 is 11.8 Å². The van der Waals surface area contributed by atoms with Crippen LogP contribution in [0.3, 0.4) is 0 Å². The molecular weight excluding hydrogens is 237 g/mol. The van der Waals surface area contributed by atoms with Crippen LogP contribution in [0, 0.1) is 5.82 Å². The molecular formula is C13H12FNOS. The molecule has 0 aliphatic carbocycles. The molecule has 0 radical (unpaired) electrons. The van der Waals surface area contributed by atoms with E-state index in [9.17, 15) is 4.39 Å². The van der Waals surface area contributed by atoms with Crippen LogP contribution in [0.4, 0.5) is 10.1 Å². The van der Waals surface area contributed by atoms with E-state index in [1.165, 1.54) is 17.8 Å². The molecule has 0 aliphatic rings. The van der Waals surface area contributed by atoms with Gasteiger partial charge in [-0.15, -0.1) is 0 Å². The van der Waals surface area contributed by atoms with Gasteiger partial charge < -0.3 is 10.5 Å². The second-order valence-corrected chi connectivity index (χ2v) is 4.61. The fraction of sp³-hybridized carbons (Fsp3) is 0.0769. The van der Waals surface area contributed by atoms with Crippen LogP contribution in [-0.4, -0.2) is 7.11 Å². The fourth-order valence-corrected chi connectivity index (χ4v) is 2.19. The second-order valence-electron chi connectivity index (χ2n) is 3.46. The van der Waals surface area contributed by atoms with Gasteiger partial charge in [0.15, 0.2) is 0 Å². The topological polar surface area (TPSA) is 35.2 Å². The minimum Gasteiger partial charge on any atom is -0.497 e. The van der Waals surface area contributed by atoms with E-state index in [0.717, 1.165) is 15.5 Å². The molecule has 0 aliphatic heterocycles. The molecule has 0 bridgehead atoms. The van der Waals surface area contributed by atoms with E-state index >= 15 is 0 Å². The van der Waals surface area contributed by atoms with Gasteiger partial charge in [0.1, 0.15) is 11.6 Å². The first-order valence-electron chi connectivity index (χ1n) is 5.06. The maximum absolute atomic E-state index is 13.2. The highest BCUT2D eigenvalue weighted by molar-refractivity contribution is 7.99. The smallest absolute Gasteiger partial charge is 0.147 e. The number of nitrogens with two attached hydrogens (primary N) is 1. The van der Waals surface area contributed by atoms with Crippen molar-refractivity contribution in [3.63, 3.8) is 0 Å². The van der Waals surface area contributed by atoms with Crippen molar-refractivity contribution in [1.82, 2.24) is 0 Å². The average Bonchev–Trinajstić information content (AvgIpc) is 2.35. The predicted molar refractivity (Wildman–Crippen MR) is 67.9 cm³/mol. The van der Waals surface area contributed by atoms with Crippen LogP contribution in [-0.2, 0) is 0 Å². The van der Waals surface area contributed by atoms with Crippen molar-refractivity contribution >= 4 is 17.4 Å². The lowest BCUT2D eigenvalue weighted by atomic mass is 10.3. The molecule has 0 aromatic heterocycles. The molecule has 2 rings (SSSR count). The summed E-state index contributed by atoms with van der Waals surface area (Å²) in [6.45, 7) is 0. The molecule has 2 aromatic carbocycles. The summed E-state index contributed by atoms with van der Waals surface area (Å²) in [6.07, 6.45) is 0. The Bertz CT molecular complexity index is 513. The minimum absolute atomic E-state index is 0.170. The average molecular weight is 249 g/mol. The summed E-state index contributed by atoms with van der Waals surface area (Å²) in [5.41, 5.74) is 5.59. The summed E-state index contributed by atoms with van der Waals surface area (Å²) in [6, 6.07) is 12.4. The maximum Gasteiger partial charge on any atom is 0.147 e. The molecule has 17 heavy (non-hydrogen) atoms. The zero-order valence-corrected chi connectivity index (χ0v) is 10.1. The van der Waals surface area contributed by atoms with Crippen LogP contribution in [0.5, 0.6) is 5.75 Å². The summed E-state index contributed by atoms with van der Waals surface area (Å²) in [5, 5.41) is 0. The number of rotatable bonds is 3. The van der Waals surface area contributed by atoms with Gasteiger partial charge >= 0.3 is 0 Å². The Hall–Kier alpha value is -1.68. The molecule has 0 atom stereocenters.